The molecule has 0 unspecified atom stereocenters. The van der Waals surface area contributed by atoms with Crippen LogP contribution < -0.4 is 0 Å². The Morgan fingerprint density at radius 3 is 1.87 bits per heavy atom. The maximum Gasteiger partial charge on any atom is 0.312 e. The van der Waals surface area contributed by atoms with E-state index >= 15 is 0 Å². The fourth-order valence-electron chi connectivity index (χ4n) is 2.76. The lowest BCUT2D eigenvalue weighted by molar-refractivity contribution is -0.174. The van der Waals surface area contributed by atoms with E-state index in [-0.39, 0.29) is 11.9 Å². The first-order valence-electron chi connectivity index (χ1n) is 9.48. The van der Waals surface area contributed by atoms with Gasteiger partial charge in [0.15, 0.2) is 0 Å². The van der Waals surface area contributed by atoms with Crippen LogP contribution in [0.15, 0.2) is 12.2 Å². The summed E-state index contributed by atoms with van der Waals surface area (Å²) in [6.07, 6.45) is 5.87. The van der Waals surface area contributed by atoms with Gasteiger partial charge in [-0.1, -0.05) is 66.5 Å². The molecule has 0 saturated heterocycles. The molecule has 0 atom stereocenters. The summed E-state index contributed by atoms with van der Waals surface area (Å²) in [5.74, 6) is 0.873. The molecular formula is C21H40O2. The summed E-state index contributed by atoms with van der Waals surface area (Å²) in [5.41, 5.74) is 0.371. The molecular weight excluding hydrogens is 284 g/mol. The van der Waals surface area contributed by atoms with Crippen LogP contribution in [0.3, 0.4) is 0 Å². The third-order valence-corrected chi connectivity index (χ3v) is 5.87. The standard InChI is InChI=1S/C21H40O2/c1-10-18(11-2)14-17(7)15-21(12-3,13-4)23-19(22)20(8,9)16(5)6/h16,18H,7,10-15H2,1-6,8-9H3. The highest BCUT2D eigenvalue weighted by atomic mass is 16.6. The van der Waals surface area contributed by atoms with Crippen molar-refractivity contribution in [3.63, 3.8) is 0 Å². The average molecular weight is 325 g/mol. The Labute approximate surface area is 145 Å². The molecule has 0 spiro atoms. The summed E-state index contributed by atoms with van der Waals surface area (Å²) in [4.78, 5) is 12.7. The molecule has 0 heterocycles. The lowest BCUT2D eigenvalue weighted by Gasteiger charge is -2.37. The summed E-state index contributed by atoms with van der Waals surface area (Å²) in [6, 6.07) is 0. The highest BCUT2D eigenvalue weighted by Crippen LogP contribution is 2.36. The summed E-state index contributed by atoms with van der Waals surface area (Å²) in [6.45, 7) is 21.1. The van der Waals surface area contributed by atoms with Crippen molar-refractivity contribution in [1.29, 1.82) is 0 Å². The van der Waals surface area contributed by atoms with Gasteiger partial charge in [-0.25, -0.2) is 0 Å². The molecule has 23 heavy (non-hydrogen) atoms. The third kappa shape index (κ3) is 6.31. The Morgan fingerprint density at radius 1 is 1.04 bits per heavy atom. The van der Waals surface area contributed by atoms with E-state index in [4.69, 9.17) is 4.74 Å². The van der Waals surface area contributed by atoms with Crippen LogP contribution >= 0.6 is 0 Å². The largest absolute Gasteiger partial charge is 0.458 e. The maximum atomic E-state index is 12.7. The number of esters is 1. The zero-order valence-corrected chi connectivity index (χ0v) is 16.9. The summed E-state index contributed by atoms with van der Waals surface area (Å²) in [5, 5.41) is 0. The highest BCUT2D eigenvalue weighted by molar-refractivity contribution is 5.76. The number of hydrogen-bond donors (Lipinski definition) is 0. The second-order valence-electron chi connectivity index (χ2n) is 7.97. The fraction of sp³-hybridized carbons (Fsp3) is 0.857. The molecule has 0 bridgehead atoms. The van der Waals surface area contributed by atoms with E-state index in [0.29, 0.717) is 5.92 Å². The van der Waals surface area contributed by atoms with E-state index in [9.17, 15) is 4.79 Å². The molecule has 0 aliphatic rings. The third-order valence-electron chi connectivity index (χ3n) is 5.87. The van der Waals surface area contributed by atoms with E-state index in [0.717, 1.165) is 25.7 Å². The van der Waals surface area contributed by atoms with E-state index < -0.39 is 11.0 Å². The summed E-state index contributed by atoms with van der Waals surface area (Å²) < 4.78 is 6.08. The molecule has 0 aromatic rings. The van der Waals surface area contributed by atoms with Crippen LogP contribution in [0.4, 0.5) is 0 Å². The molecule has 136 valence electrons. The first-order valence-corrected chi connectivity index (χ1v) is 9.48. The van der Waals surface area contributed by atoms with Gasteiger partial charge in [0.05, 0.1) is 5.41 Å². The molecule has 2 heteroatoms. The Balaban J connectivity index is 5.06. The van der Waals surface area contributed by atoms with Crippen molar-refractivity contribution in [2.75, 3.05) is 0 Å². The van der Waals surface area contributed by atoms with Crippen molar-refractivity contribution in [2.45, 2.75) is 99.5 Å². The van der Waals surface area contributed by atoms with Gasteiger partial charge in [0.2, 0.25) is 0 Å². The number of carbonyl (C=O) groups excluding carboxylic acids is 1. The first kappa shape index (κ1) is 22.2. The van der Waals surface area contributed by atoms with Gasteiger partial charge in [-0.15, -0.1) is 0 Å². The Morgan fingerprint density at radius 2 is 1.52 bits per heavy atom. The van der Waals surface area contributed by atoms with Gasteiger partial charge >= 0.3 is 5.97 Å². The van der Waals surface area contributed by atoms with Crippen LogP contribution in [0, 0.1) is 17.3 Å². The Kier molecular flexibility index (Phi) is 9.17. The summed E-state index contributed by atoms with van der Waals surface area (Å²) >= 11 is 0. The number of carbonyl (C=O) groups is 1. The van der Waals surface area contributed by atoms with Crippen LogP contribution in [0.1, 0.15) is 93.9 Å². The monoisotopic (exact) mass is 324 g/mol. The lowest BCUT2D eigenvalue weighted by atomic mass is 9.80. The van der Waals surface area contributed by atoms with Crippen LogP contribution in [-0.2, 0) is 9.53 Å². The topological polar surface area (TPSA) is 26.3 Å². The fourth-order valence-corrected chi connectivity index (χ4v) is 2.76. The SMILES string of the molecule is C=C(CC(CC)CC)CC(CC)(CC)OC(=O)C(C)(C)C(C)C. The minimum Gasteiger partial charge on any atom is -0.458 e. The molecule has 0 aromatic carbocycles. The van der Waals surface area contributed by atoms with Gasteiger partial charge < -0.3 is 4.74 Å². The molecule has 0 rings (SSSR count). The van der Waals surface area contributed by atoms with Gasteiger partial charge in [-0.3, -0.25) is 4.79 Å². The minimum absolute atomic E-state index is 0.0773. The molecule has 0 aliphatic heterocycles. The smallest absolute Gasteiger partial charge is 0.312 e. The quantitative estimate of drug-likeness (QED) is 0.318. The van der Waals surface area contributed by atoms with Gasteiger partial charge in [0, 0.05) is 6.42 Å². The normalized spacial score (nSPS) is 12.8. The van der Waals surface area contributed by atoms with Gasteiger partial charge in [-0.2, -0.15) is 0 Å². The molecule has 0 amide bonds. The van der Waals surface area contributed by atoms with Crippen LogP contribution in [-0.4, -0.2) is 11.6 Å². The van der Waals surface area contributed by atoms with Crippen LogP contribution in [0.5, 0.6) is 0 Å². The maximum absolute atomic E-state index is 12.7. The first-order chi connectivity index (χ1) is 10.6. The zero-order chi connectivity index (χ0) is 18.3. The van der Waals surface area contributed by atoms with Crippen molar-refractivity contribution < 1.29 is 9.53 Å². The van der Waals surface area contributed by atoms with Crippen molar-refractivity contribution in [2.24, 2.45) is 17.3 Å². The highest BCUT2D eigenvalue weighted by Gasteiger charge is 2.39. The molecule has 0 aliphatic carbocycles. The van der Waals surface area contributed by atoms with Crippen molar-refractivity contribution in [3.05, 3.63) is 12.2 Å². The number of ether oxygens (including phenoxy) is 1. The number of hydrogen-bond acceptors (Lipinski definition) is 2. The van der Waals surface area contributed by atoms with Gasteiger partial charge in [-0.05, 0) is 44.9 Å². The van der Waals surface area contributed by atoms with Crippen LogP contribution in [0.2, 0.25) is 0 Å². The van der Waals surface area contributed by atoms with Gasteiger partial charge in [0.1, 0.15) is 5.60 Å². The van der Waals surface area contributed by atoms with E-state index in [1.807, 2.05) is 13.8 Å². The van der Waals surface area contributed by atoms with Crippen molar-refractivity contribution in [3.8, 4) is 0 Å². The Bertz CT molecular complexity index is 371. The van der Waals surface area contributed by atoms with E-state index in [1.54, 1.807) is 0 Å². The van der Waals surface area contributed by atoms with Crippen LogP contribution in [0.25, 0.3) is 0 Å². The molecule has 0 aromatic heterocycles. The average Bonchev–Trinajstić information content (AvgIpc) is 2.51. The Hall–Kier alpha value is -0.790. The predicted octanol–water partition coefficient (Wildman–Crippen LogP) is 6.54. The second-order valence-corrected chi connectivity index (χ2v) is 7.97. The molecule has 0 fully saturated rings. The zero-order valence-electron chi connectivity index (χ0n) is 16.9. The molecule has 0 N–H and O–H groups in total. The summed E-state index contributed by atoms with van der Waals surface area (Å²) in [7, 11) is 0. The lowest BCUT2D eigenvalue weighted by Crippen LogP contribution is -2.41. The minimum atomic E-state index is -0.452. The van der Waals surface area contributed by atoms with Crippen molar-refractivity contribution in [1.82, 2.24) is 0 Å². The molecule has 2 nitrogen and oxygen atoms in total. The second kappa shape index (κ2) is 9.49. The van der Waals surface area contributed by atoms with Gasteiger partial charge in [0.25, 0.3) is 0 Å². The van der Waals surface area contributed by atoms with E-state index in [2.05, 4.69) is 48.1 Å². The molecule has 0 saturated carbocycles. The number of rotatable bonds is 11. The van der Waals surface area contributed by atoms with Crippen molar-refractivity contribution >= 4 is 5.97 Å². The predicted molar refractivity (Wildman–Crippen MR) is 100 cm³/mol. The molecule has 0 radical (unpaired) electrons. The van der Waals surface area contributed by atoms with E-state index in [1.165, 1.54) is 18.4 Å².